The molecule has 23 heavy (non-hydrogen) atoms. The number of nitrogens with one attached hydrogen (secondary N) is 2. The molecule has 0 spiro atoms. The molecule has 1 aliphatic rings. The Hall–Kier alpha value is -1.35. The van der Waals surface area contributed by atoms with Crippen molar-refractivity contribution in [3.05, 3.63) is 35.9 Å². The van der Waals surface area contributed by atoms with Gasteiger partial charge in [0.05, 0.1) is 19.8 Å². The first-order valence-corrected chi connectivity index (χ1v) is 6.78. The second kappa shape index (κ2) is 7.96. The van der Waals surface area contributed by atoms with E-state index in [-0.39, 0.29) is 24.6 Å². The topological polar surface area (TPSA) is 70.6 Å². The molecule has 1 heterocycles. The van der Waals surface area contributed by atoms with E-state index >= 15 is 0 Å². The normalized spacial score (nSPS) is 21.0. The number of hydrogen-bond donors (Lipinski definition) is 3. The van der Waals surface area contributed by atoms with Crippen LogP contribution in [-0.2, 0) is 15.1 Å². The molecule has 9 heteroatoms. The molecule has 0 aromatic heterocycles. The summed E-state index contributed by atoms with van der Waals surface area (Å²) >= 11 is 0. The Morgan fingerprint density at radius 1 is 1.35 bits per heavy atom. The quantitative estimate of drug-likeness (QED) is 0.753. The highest BCUT2D eigenvalue weighted by Crippen LogP contribution is 2.38. The molecule has 0 radical (unpaired) electrons. The van der Waals surface area contributed by atoms with Gasteiger partial charge in [-0.2, -0.15) is 13.2 Å². The Kier molecular flexibility index (Phi) is 6.82. The summed E-state index contributed by atoms with van der Waals surface area (Å²) in [4.78, 5) is 11.9. The number of hydrogen-bond acceptors (Lipinski definition) is 4. The van der Waals surface area contributed by atoms with Crippen LogP contribution in [0.25, 0.3) is 0 Å². The smallest absolute Gasteiger partial charge is 0.378 e. The molecule has 2 rings (SSSR count). The standard InChI is InChI=1S/C14H17F3N2O3.ClH/c15-14(16,17)13(21,10-4-2-1-3-5-10)9-19-12(20)11-8-22-7-6-18-11;/h1-5,11,18,21H,6-9H2,(H,19,20);1H. The molecule has 2 atom stereocenters. The minimum Gasteiger partial charge on any atom is -0.378 e. The van der Waals surface area contributed by atoms with Gasteiger partial charge in [-0.1, -0.05) is 30.3 Å². The number of morpholine rings is 1. The largest absolute Gasteiger partial charge is 0.423 e. The zero-order chi connectivity index (χ0) is 16.2. The summed E-state index contributed by atoms with van der Waals surface area (Å²) in [5, 5.41) is 15.1. The van der Waals surface area contributed by atoms with E-state index in [2.05, 4.69) is 10.6 Å². The zero-order valence-corrected chi connectivity index (χ0v) is 12.9. The Balaban J connectivity index is 0.00000264. The molecule has 1 aromatic rings. The summed E-state index contributed by atoms with van der Waals surface area (Å²) in [5.74, 6) is -0.640. The van der Waals surface area contributed by atoms with Crippen LogP contribution in [0.1, 0.15) is 5.56 Å². The first-order valence-electron chi connectivity index (χ1n) is 6.78. The number of benzene rings is 1. The van der Waals surface area contributed by atoms with Gasteiger partial charge in [-0.05, 0) is 5.56 Å². The van der Waals surface area contributed by atoms with Crippen molar-refractivity contribution in [1.29, 1.82) is 0 Å². The highest BCUT2D eigenvalue weighted by molar-refractivity contribution is 5.85. The molecule has 5 nitrogen and oxygen atoms in total. The van der Waals surface area contributed by atoms with Crippen LogP contribution in [-0.4, -0.2) is 49.5 Å². The van der Waals surface area contributed by atoms with Crippen molar-refractivity contribution in [3.8, 4) is 0 Å². The van der Waals surface area contributed by atoms with Crippen molar-refractivity contribution < 1.29 is 27.8 Å². The maximum atomic E-state index is 13.2. The van der Waals surface area contributed by atoms with Crippen molar-refractivity contribution in [2.45, 2.75) is 17.8 Å². The number of halogens is 4. The van der Waals surface area contributed by atoms with E-state index in [0.29, 0.717) is 13.2 Å². The van der Waals surface area contributed by atoms with Crippen LogP contribution in [0.3, 0.4) is 0 Å². The predicted octanol–water partition coefficient (Wildman–Crippen LogP) is 0.963. The Bertz CT molecular complexity index is 510. The maximum Gasteiger partial charge on any atom is 0.423 e. The minimum atomic E-state index is -4.92. The molecule has 1 aliphatic heterocycles. The van der Waals surface area contributed by atoms with Gasteiger partial charge >= 0.3 is 6.18 Å². The van der Waals surface area contributed by atoms with E-state index in [9.17, 15) is 23.1 Å². The monoisotopic (exact) mass is 354 g/mol. The molecule has 2 unspecified atom stereocenters. The van der Waals surface area contributed by atoms with Crippen LogP contribution >= 0.6 is 12.4 Å². The number of ether oxygens (including phenoxy) is 1. The third-order valence-corrected chi connectivity index (χ3v) is 3.48. The Morgan fingerprint density at radius 3 is 2.52 bits per heavy atom. The number of carbonyl (C=O) groups excluding carboxylic acids is 1. The van der Waals surface area contributed by atoms with Gasteiger partial charge < -0.3 is 20.5 Å². The molecule has 1 fully saturated rings. The Labute approximate surface area is 137 Å². The van der Waals surface area contributed by atoms with Crippen LogP contribution in [0.2, 0.25) is 0 Å². The van der Waals surface area contributed by atoms with E-state index < -0.39 is 30.3 Å². The van der Waals surface area contributed by atoms with Gasteiger partial charge in [0.1, 0.15) is 6.04 Å². The zero-order valence-electron chi connectivity index (χ0n) is 12.1. The van der Waals surface area contributed by atoms with Gasteiger partial charge in [-0.3, -0.25) is 4.79 Å². The highest BCUT2D eigenvalue weighted by atomic mass is 35.5. The third kappa shape index (κ3) is 4.57. The van der Waals surface area contributed by atoms with E-state index in [1.165, 1.54) is 24.3 Å². The van der Waals surface area contributed by atoms with Gasteiger partial charge in [0.15, 0.2) is 0 Å². The van der Waals surface area contributed by atoms with E-state index in [1.54, 1.807) is 6.07 Å². The average molecular weight is 355 g/mol. The van der Waals surface area contributed by atoms with Crippen LogP contribution in [0.15, 0.2) is 30.3 Å². The molecule has 130 valence electrons. The molecule has 3 N–H and O–H groups in total. The van der Waals surface area contributed by atoms with Crippen molar-refractivity contribution in [2.75, 3.05) is 26.3 Å². The first kappa shape index (κ1) is 19.7. The molecule has 0 aliphatic carbocycles. The lowest BCUT2D eigenvalue weighted by molar-refractivity contribution is -0.264. The van der Waals surface area contributed by atoms with Crippen LogP contribution in [0, 0.1) is 0 Å². The molecular weight excluding hydrogens is 337 g/mol. The minimum absolute atomic E-state index is 0. The molecule has 1 amide bonds. The molecule has 1 aromatic carbocycles. The second-order valence-electron chi connectivity index (χ2n) is 5.02. The summed E-state index contributed by atoms with van der Waals surface area (Å²) in [5.41, 5.74) is -3.46. The lowest BCUT2D eigenvalue weighted by Gasteiger charge is -2.32. The summed E-state index contributed by atoms with van der Waals surface area (Å²) < 4.78 is 44.8. The number of aliphatic hydroxyl groups is 1. The van der Waals surface area contributed by atoms with Crippen molar-refractivity contribution in [3.63, 3.8) is 0 Å². The van der Waals surface area contributed by atoms with E-state index in [0.717, 1.165) is 0 Å². The predicted molar refractivity (Wildman–Crippen MR) is 79.3 cm³/mol. The average Bonchev–Trinajstić information content (AvgIpc) is 2.53. The van der Waals surface area contributed by atoms with Crippen LogP contribution in [0.5, 0.6) is 0 Å². The summed E-state index contributed by atoms with van der Waals surface area (Å²) in [6.07, 6.45) is -4.92. The summed E-state index contributed by atoms with van der Waals surface area (Å²) in [6, 6.07) is 5.95. The first-order chi connectivity index (χ1) is 10.3. The maximum absolute atomic E-state index is 13.2. The van der Waals surface area contributed by atoms with Crippen LogP contribution < -0.4 is 10.6 Å². The number of alkyl halides is 3. The van der Waals surface area contributed by atoms with Crippen molar-refractivity contribution in [1.82, 2.24) is 10.6 Å². The highest BCUT2D eigenvalue weighted by Gasteiger charge is 2.55. The van der Waals surface area contributed by atoms with Crippen LogP contribution in [0.4, 0.5) is 13.2 Å². The number of rotatable bonds is 4. The molecule has 0 saturated carbocycles. The Morgan fingerprint density at radius 2 is 2.00 bits per heavy atom. The fourth-order valence-electron chi connectivity index (χ4n) is 2.15. The lowest BCUT2D eigenvalue weighted by atomic mass is 9.93. The molecular formula is C14H18ClF3N2O3. The molecule has 0 bridgehead atoms. The van der Waals surface area contributed by atoms with Crippen molar-refractivity contribution >= 4 is 18.3 Å². The summed E-state index contributed by atoms with van der Waals surface area (Å²) in [6.45, 7) is 0.0136. The van der Waals surface area contributed by atoms with Gasteiger partial charge in [0, 0.05) is 6.54 Å². The van der Waals surface area contributed by atoms with Gasteiger partial charge in [-0.25, -0.2) is 0 Å². The fraction of sp³-hybridized carbons (Fsp3) is 0.500. The van der Waals surface area contributed by atoms with E-state index in [1.807, 2.05) is 0 Å². The van der Waals surface area contributed by atoms with Gasteiger partial charge in [-0.15, -0.1) is 12.4 Å². The second-order valence-corrected chi connectivity index (χ2v) is 5.02. The fourth-order valence-corrected chi connectivity index (χ4v) is 2.15. The number of amides is 1. The summed E-state index contributed by atoms with van der Waals surface area (Å²) in [7, 11) is 0. The lowest BCUT2D eigenvalue weighted by Crippen LogP contribution is -2.56. The third-order valence-electron chi connectivity index (χ3n) is 3.48. The van der Waals surface area contributed by atoms with Crippen molar-refractivity contribution in [2.24, 2.45) is 0 Å². The van der Waals surface area contributed by atoms with E-state index in [4.69, 9.17) is 4.74 Å². The SMILES string of the molecule is Cl.O=C(NCC(O)(c1ccccc1)C(F)(F)F)C1COCCN1. The number of carbonyl (C=O) groups is 1. The molecule has 1 saturated heterocycles. The van der Waals surface area contributed by atoms with Gasteiger partial charge in [0.2, 0.25) is 11.5 Å². The van der Waals surface area contributed by atoms with Gasteiger partial charge in [0.25, 0.3) is 0 Å².